The van der Waals surface area contributed by atoms with Crippen LogP contribution in [0.5, 0.6) is 5.75 Å². The molecule has 0 aliphatic carbocycles. The van der Waals surface area contributed by atoms with Gasteiger partial charge in [0.2, 0.25) is 5.91 Å². The minimum absolute atomic E-state index is 0.155. The van der Waals surface area contributed by atoms with Crippen molar-refractivity contribution < 1.29 is 14.3 Å². The highest BCUT2D eigenvalue weighted by molar-refractivity contribution is 8.26. The van der Waals surface area contributed by atoms with Gasteiger partial charge in [-0.3, -0.25) is 14.5 Å². The topological polar surface area (TPSA) is 71.5 Å². The van der Waals surface area contributed by atoms with Crippen molar-refractivity contribution in [1.29, 1.82) is 0 Å². The quantitative estimate of drug-likeness (QED) is 0.587. The number of nitrogens with one attached hydrogen (secondary N) is 1. The summed E-state index contributed by atoms with van der Waals surface area (Å²) in [6.07, 6.45) is 3.56. The van der Waals surface area contributed by atoms with Gasteiger partial charge in [-0.05, 0) is 23.8 Å². The predicted octanol–water partition coefficient (Wildman–Crippen LogP) is 3.38. The fourth-order valence-corrected chi connectivity index (χ4v) is 4.08. The number of thiocarbonyl (C=S) groups is 1. The molecule has 2 amide bonds. The smallest absolute Gasteiger partial charge is 0.266 e. The second-order valence-corrected chi connectivity index (χ2v) is 7.81. The molecule has 3 rings (SSSR count). The lowest BCUT2D eigenvalue weighted by molar-refractivity contribution is -0.122. The maximum Gasteiger partial charge on any atom is 0.266 e. The Kier molecular flexibility index (Phi) is 6.02. The van der Waals surface area contributed by atoms with Crippen LogP contribution in [0.3, 0.4) is 0 Å². The predicted molar refractivity (Wildman–Crippen MR) is 108 cm³/mol. The standard InChI is InChI=1S/C17H15N3O3S3/c1-23-12-4-2-11(3-5-12)10-13-15(22)20(17(24)26-13)8-6-14(21)19-16-18-7-9-25-16/h2-5,7,9-10H,6,8H2,1H3,(H,18,19,21). The van der Waals surface area contributed by atoms with E-state index in [9.17, 15) is 9.59 Å². The molecule has 0 spiro atoms. The average Bonchev–Trinajstić information content (AvgIpc) is 3.23. The summed E-state index contributed by atoms with van der Waals surface area (Å²) in [5.74, 6) is 0.368. The zero-order valence-electron chi connectivity index (χ0n) is 13.8. The third kappa shape index (κ3) is 4.48. The molecular weight excluding hydrogens is 390 g/mol. The molecule has 134 valence electrons. The van der Waals surface area contributed by atoms with Gasteiger partial charge in [0.05, 0.1) is 12.0 Å². The molecule has 0 bridgehead atoms. The number of hydrogen-bond donors (Lipinski definition) is 1. The van der Waals surface area contributed by atoms with Crippen LogP contribution < -0.4 is 10.1 Å². The van der Waals surface area contributed by atoms with Gasteiger partial charge in [0.15, 0.2) is 5.13 Å². The lowest BCUT2D eigenvalue weighted by Gasteiger charge is -2.13. The lowest BCUT2D eigenvalue weighted by Crippen LogP contribution is -2.31. The Hall–Kier alpha value is -2.23. The van der Waals surface area contributed by atoms with Gasteiger partial charge in [0, 0.05) is 24.5 Å². The van der Waals surface area contributed by atoms with Crippen molar-refractivity contribution in [3.8, 4) is 5.75 Å². The molecule has 1 aliphatic rings. The third-order valence-electron chi connectivity index (χ3n) is 3.53. The molecule has 2 heterocycles. The number of rotatable bonds is 6. The molecule has 0 unspecified atom stereocenters. The van der Waals surface area contributed by atoms with Crippen LogP contribution >= 0.6 is 35.3 Å². The number of anilines is 1. The molecule has 1 fully saturated rings. The van der Waals surface area contributed by atoms with Gasteiger partial charge < -0.3 is 10.1 Å². The minimum atomic E-state index is -0.201. The number of nitrogens with zero attached hydrogens (tertiary/aromatic N) is 2. The number of methoxy groups -OCH3 is 1. The molecule has 1 N–H and O–H groups in total. The molecule has 1 aromatic carbocycles. The van der Waals surface area contributed by atoms with Crippen molar-refractivity contribution in [2.45, 2.75) is 6.42 Å². The van der Waals surface area contributed by atoms with Gasteiger partial charge >= 0.3 is 0 Å². The second-order valence-electron chi connectivity index (χ2n) is 5.24. The number of aromatic nitrogens is 1. The molecule has 2 aromatic rings. The van der Waals surface area contributed by atoms with Crippen molar-refractivity contribution >= 4 is 62.7 Å². The highest BCUT2D eigenvalue weighted by atomic mass is 32.2. The number of carbonyl (C=O) groups is 2. The molecule has 1 aromatic heterocycles. The van der Waals surface area contributed by atoms with Crippen LogP contribution in [0.2, 0.25) is 0 Å². The van der Waals surface area contributed by atoms with E-state index in [2.05, 4.69) is 10.3 Å². The first kappa shape index (κ1) is 18.6. The Morgan fingerprint density at radius 2 is 2.15 bits per heavy atom. The van der Waals surface area contributed by atoms with Crippen molar-refractivity contribution in [2.75, 3.05) is 19.0 Å². The summed E-state index contributed by atoms with van der Waals surface area (Å²) in [5, 5.41) is 5.01. The molecule has 0 radical (unpaired) electrons. The van der Waals surface area contributed by atoms with Gasteiger partial charge in [0.1, 0.15) is 10.1 Å². The third-order valence-corrected chi connectivity index (χ3v) is 5.59. The van der Waals surface area contributed by atoms with E-state index in [0.29, 0.717) is 14.4 Å². The Labute approximate surface area is 164 Å². The molecule has 1 aliphatic heterocycles. The number of thioether (sulfide) groups is 1. The van der Waals surface area contributed by atoms with E-state index in [1.165, 1.54) is 28.0 Å². The first-order valence-electron chi connectivity index (χ1n) is 7.65. The van der Waals surface area contributed by atoms with Crippen molar-refractivity contribution in [1.82, 2.24) is 9.88 Å². The first-order valence-corrected chi connectivity index (χ1v) is 9.76. The van der Waals surface area contributed by atoms with Gasteiger partial charge in [-0.2, -0.15) is 0 Å². The molecule has 9 heteroatoms. The summed E-state index contributed by atoms with van der Waals surface area (Å²) >= 11 is 7.87. The second kappa shape index (κ2) is 8.43. The Balaban J connectivity index is 1.60. The van der Waals surface area contributed by atoms with Crippen LogP contribution in [0.25, 0.3) is 6.08 Å². The molecule has 0 atom stereocenters. The van der Waals surface area contributed by atoms with Crippen LogP contribution in [0.15, 0.2) is 40.7 Å². The van der Waals surface area contributed by atoms with Crippen LogP contribution in [-0.4, -0.2) is 39.7 Å². The largest absolute Gasteiger partial charge is 0.497 e. The normalized spacial score (nSPS) is 15.6. The van der Waals surface area contributed by atoms with Crippen molar-refractivity contribution in [3.63, 3.8) is 0 Å². The van der Waals surface area contributed by atoms with Crippen molar-refractivity contribution in [3.05, 3.63) is 46.3 Å². The molecule has 6 nitrogen and oxygen atoms in total. The first-order chi connectivity index (χ1) is 12.6. The number of benzene rings is 1. The summed E-state index contributed by atoms with van der Waals surface area (Å²) in [6.45, 7) is 0.238. The highest BCUT2D eigenvalue weighted by Gasteiger charge is 2.32. The fraction of sp³-hybridized carbons (Fsp3) is 0.176. The summed E-state index contributed by atoms with van der Waals surface area (Å²) in [6, 6.07) is 7.39. The summed E-state index contributed by atoms with van der Waals surface area (Å²) < 4.78 is 5.58. The number of thiazole rings is 1. The number of hydrogen-bond acceptors (Lipinski definition) is 7. The van der Waals surface area contributed by atoms with Crippen LogP contribution in [0.4, 0.5) is 5.13 Å². The fourth-order valence-electron chi connectivity index (χ4n) is 2.22. The van der Waals surface area contributed by atoms with Crippen LogP contribution in [0, 0.1) is 0 Å². The SMILES string of the molecule is COc1ccc(C=C2SC(=S)N(CCC(=O)Nc3nccs3)C2=O)cc1. The van der Waals surface area contributed by atoms with E-state index in [4.69, 9.17) is 17.0 Å². The van der Waals surface area contributed by atoms with Gasteiger partial charge in [-0.1, -0.05) is 36.1 Å². The molecule has 1 saturated heterocycles. The Morgan fingerprint density at radius 3 is 2.81 bits per heavy atom. The van der Waals surface area contributed by atoms with Gasteiger partial charge in [-0.15, -0.1) is 11.3 Å². The van der Waals surface area contributed by atoms with E-state index >= 15 is 0 Å². The van der Waals surface area contributed by atoms with E-state index in [1.807, 2.05) is 24.3 Å². The highest BCUT2D eigenvalue weighted by Crippen LogP contribution is 2.32. The van der Waals surface area contributed by atoms with E-state index in [1.54, 1.807) is 24.8 Å². The van der Waals surface area contributed by atoms with E-state index < -0.39 is 0 Å². The van der Waals surface area contributed by atoms with Gasteiger partial charge in [-0.25, -0.2) is 4.98 Å². The van der Waals surface area contributed by atoms with Crippen LogP contribution in [-0.2, 0) is 9.59 Å². The Morgan fingerprint density at radius 1 is 1.38 bits per heavy atom. The zero-order valence-corrected chi connectivity index (χ0v) is 16.2. The number of ether oxygens (including phenoxy) is 1. The van der Waals surface area contributed by atoms with Gasteiger partial charge in [0.25, 0.3) is 5.91 Å². The zero-order chi connectivity index (χ0) is 18.5. The summed E-state index contributed by atoms with van der Waals surface area (Å²) in [4.78, 5) is 30.5. The molecular formula is C17H15N3O3S3. The molecule has 0 saturated carbocycles. The van der Waals surface area contributed by atoms with E-state index in [0.717, 1.165) is 11.3 Å². The van der Waals surface area contributed by atoms with E-state index in [-0.39, 0.29) is 24.8 Å². The summed E-state index contributed by atoms with van der Waals surface area (Å²) in [5.41, 5.74) is 0.882. The average molecular weight is 406 g/mol. The maximum absolute atomic E-state index is 12.6. The summed E-state index contributed by atoms with van der Waals surface area (Å²) in [7, 11) is 1.60. The maximum atomic E-state index is 12.6. The number of carbonyl (C=O) groups excluding carboxylic acids is 2. The Bertz CT molecular complexity index is 848. The number of amides is 2. The lowest BCUT2D eigenvalue weighted by atomic mass is 10.2. The minimum Gasteiger partial charge on any atom is -0.497 e. The molecule has 26 heavy (non-hydrogen) atoms. The van der Waals surface area contributed by atoms with Crippen molar-refractivity contribution in [2.24, 2.45) is 0 Å². The van der Waals surface area contributed by atoms with Crippen LogP contribution in [0.1, 0.15) is 12.0 Å². The monoisotopic (exact) mass is 405 g/mol.